The molecule has 0 radical (unpaired) electrons. The molecule has 2 N–H and O–H groups in total. The van der Waals surface area contributed by atoms with Crippen LogP contribution in [-0.4, -0.2) is 12.6 Å². The first kappa shape index (κ1) is 13.5. The summed E-state index contributed by atoms with van der Waals surface area (Å²) in [5, 5.41) is 0. The van der Waals surface area contributed by atoms with Crippen LogP contribution in [0.2, 0.25) is 0 Å². The van der Waals surface area contributed by atoms with Gasteiger partial charge in [-0.25, -0.2) is 0 Å². The zero-order valence-electron chi connectivity index (χ0n) is 10.5. The number of nitrogens with two attached hydrogens (primary N) is 1. The lowest BCUT2D eigenvalue weighted by atomic mass is 10.1. The zero-order chi connectivity index (χ0) is 12.3. The summed E-state index contributed by atoms with van der Waals surface area (Å²) in [6.07, 6.45) is 0. The van der Waals surface area contributed by atoms with Crippen molar-refractivity contribution in [2.24, 2.45) is 5.73 Å². The Bertz CT molecular complexity index is 348. The summed E-state index contributed by atoms with van der Waals surface area (Å²) in [7, 11) is 0. The van der Waals surface area contributed by atoms with Crippen molar-refractivity contribution in [3.8, 4) is 0 Å². The molecule has 0 saturated heterocycles. The molecule has 0 heterocycles. The molecule has 0 amide bonds. The fourth-order valence-electron chi connectivity index (χ4n) is 1.91. The maximum absolute atomic E-state index is 5.89. The normalized spacial score (nSPS) is 12.9. The zero-order valence-corrected chi connectivity index (χ0v) is 12.1. The first-order chi connectivity index (χ1) is 7.47. The maximum Gasteiger partial charge on any atom is 0.0379 e. The van der Waals surface area contributed by atoms with Crippen LogP contribution in [0.4, 0.5) is 5.69 Å². The van der Waals surface area contributed by atoms with Crippen molar-refractivity contribution in [3.63, 3.8) is 0 Å². The number of benzene rings is 1. The minimum atomic E-state index is 0.0672. The van der Waals surface area contributed by atoms with Gasteiger partial charge in [0.1, 0.15) is 0 Å². The number of nitrogens with zero attached hydrogens (tertiary/aromatic N) is 1. The number of hydrogen-bond acceptors (Lipinski definition) is 2. The van der Waals surface area contributed by atoms with Gasteiger partial charge in [-0.15, -0.1) is 0 Å². The molecule has 1 unspecified atom stereocenters. The monoisotopic (exact) mass is 284 g/mol. The molecular formula is C13H21BrN2. The molecule has 0 saturated carbocycles. The van der Waals surface area contributed by atoms with Crippen LogP contribution in [0, 0.1) is 0 Å². The van der Waals surface area contributed by atoms with Crippen LogP contribution in [0.25, 0.3) is 0 Å². The molecule has 0 aliphatic carbocycles. The van der Waals surface area contributed by atoms with Crippen molar-refractivity contribution in [2.75, 3.05) is 11.4 Å². The van der Waals surface area contributed by atoms with Gasteiger partial charge in [0.05, 0.1) is 0 Å². The third-order valence-electron chi connectivity index (χ3n) is 2.77. The molecule has 1 rings (SSSR count). The Kier molecular flexibility index (Phi) is 4.81. The quantitative estimate of drug-likeness (QED) is 0.914. The molecule has 0 aliphatic heterocycles. The lowest BCUT2D eigenvalue weighted by Gasteiger charge is -2.28. The summed E-state index contributed by atoms with van der Waals surface area (Å²) < 4.78 is 1.10. The van der Waals surface area contributed by atoms with Crippen molar-refractivity contribution in [2.45, 2.75) is 39.8 Å². The van der Waals surface area contributed by atoms with Gasteiger partial charge < -0.3 is 10.6 Å². The third-order valence-corrected chi connectivity index (χ3v) is 3.46. The fraction of sp³-hybridized carbons (Fsp3) is 0.538. The lowest BCUT2D eigenvalue weighted by molar-refractivity contribution is 0.703. The predicted octanol–water partition coefficient (Wildman–Crippen LogP) is 3.70. The Hall–Kier alpha value is -0.540. The Labute approximate surface area is 107 Å². The molecule has 0 aliphatic rings. The highest BCUT2D eigenvalue weighted by molar-refractivity contribution is 9.10. The van der Waals surface area contributed by atoms with Gasteiger partial charge >= 0.3 is 0 Å². The first-order valence-corrected chi connectivity index (χ1v) is 6.58. The van der Waals surface area contributed by atoms with Crippen molar-refractivity contribution in [3.05, 3.63) is 28.2 Å². The van der Waals surface area contributed by atoms with E-state index in [0.717, 1.165) is 16.6 Å². The van der Waals surface area contributed by atoms with E-state index in [-0.39, 0.29) is 6.04 Å². The van der Waals surface area contributed by atoms with Gasteiger partial charge in [-0.05, 0) is 45.4 Å². The average molecular weight is 285 g/mol. The minimum absolute atomic E-state index is 0.0672. The highest BCUT2D eigenvalue weighted by Gasteiger charge is 2.11. The van der Waals surface area contributed by atoms with Gasteiger partial charge in [-0.3, -0.25) is 0 Å². The van der Waals surface area contributed by atoms with Gasteiger partial charge in [0, 0.05) is 28.8 Å². The van der Waals surface area contributed by atoms with Crippen molar-refractivity contribution in [1.29, 1.82) is 0 Å². The number of rotatable bonds is 4. The van der Waals surface area contributed by atoms with Gasteiger partial charge in [0.15, 0.2) is 0 Å². The lowest BCUT2D eigenvalue weighted by Crippen LogP contribution is -2.30. The Morgan fingerprint density at radius 2 is 1.94 bits per heavy atom. The van der Waals surface area contributed by atoms with Gasteiger partial charge in [-0.2, -0.15) is 0 Å². The van der Waals surface area contributed by atoms with E-state index in [1.807, 2.05) is 6.92 Å². The SMILES string of the molecule is CCN(c1ccc(C(C)N)c(Br)c1)C(C)C. The number of halogens is 1. The van der Waals surface area contributed by atoms with E-state index in [2.05, 4.69) is 59.8 Å². The van der Waals surface area contributed by atoms with Crippen molar-refractivity contribution in [1.82, 2.24) is 0 Å². The summed E-state index contributed by atoms with van der Waals surface area (Å²) in [6, 6.07) is 6.99. The first-order valence-electron chi connectivity index (χ1n) is 5.79. The van der Waals surface area contributed by atoms with Gasteiger partial charge in [0.25, 0.3) is 0 Å². The highest BCUT2D eigenvalue weighted by Crippen LogP contribution is 2.28. The molecule has 1 aromatic rings. The van der Waals surface area contributed by atoms with Gasteiger partial charge in [-0.1, -0.05) is 22.0 Å². The fourth-order valence-corrected chi connectivity index (χ4v) is 2.64. The maximum atomic E-state index is 5.89. The molecule has 2 nitrogen and oxygen atoms in total. The molecule has 90 valence electrons. The number of anilines is 1. The second kappa shape index (κ2) is 5.69. The summed E-state index contributed by atoms with van der Waals surface area (Å²) in [5.41, 5.74) is 8.29. The van der Waals surface area contributed by atoms with Gasteiger partial charge in [0.2, 0.25) is 0 Å². The second-order valence-electron chi connectivity index (χ2n) is 4.37. The van der Waals surface area contributed by atoms with Crippen molar-refractivity contribution < 1.29 is 0 Å². The van der Waals surface area contributed by atoms with Crippen LogP contribution < -0.4 is 10.6 Å². The molecule has 0 aromatic heterocycles. The van der Waals surface area contributed by atoms with Crippen LogP contribution in [0.3, 0.4) is 0 Å². The third kappa shape index (κ3) is 2.98. The highest BCUT2D eigenvalue weighted by atomic mass is 79.9. The summed E-state index contributed by atoms with van der Waals surface area (Å²) >= 11 is 3.59. The number of hydrogen-bond donors (Lipinski definition) is 1. The van der Waals surface area contributed by atoms with E-state index in [4.69, 9.17) is 5.73 Å². The standard InChI is InChI=1S/C13H21BrN2/c1-5-16(9(2)3)11-6-7-12(10(4)15)13(14)8-11/h6-10H,5,15H2,1-4H3. The molecule has 0 spiro atoms. The molecule has 1 aromatic carbocycles. The van der Waals surface area contributed by atoms with Crippen LogP contribution in [-0.2, 0) is 0 Å². The van der Waals surface area contributed by atoms with E-state index >= 15 is 0 Å². The topological polar surface area (TPSA) is 29.3 Å². The average Bonchev–Trinajstić information content (AvgIpc) is 2.17. The van der Waals surface area contributed by atoms with Crippen LogP contribution in [0.5, 0.6) is 0 Å². The summed E-state index contributed by atoms with van der Waals surface area (Å²) in [6.45, 7) is 9.60. The molecule has 0 fully saturated rings. The molecule has 3 heteroatoms. The van der Waals surface area contributed by atoms with E-state index in [1.54, 1.807) is 0 Å². The summed E-state index contributed by atoms with van der Waals surface area (Å²) in [4.78, 5) is 2.36. The van der Waals surface area contributed by atoms with E-state index in [9.17, 15) is 0 Å². The largest absolute Gasteiger partial charge is 0.369 e. The predicted molar refractivity (Wildman–Crippen MR) is 74.9 cm³/mol. The Morgan fingerprint density at radius 1 is 1.31 bits per heavy atom. The Balaban J connectivity index is 3.04. The molecular weight excluding hydrogens is 264 g/mol. The van der Waals surface area contributed by atoms with Crippen LogP contribution in [0.1, 0.15) is 39.3 Å². The second-order valence-corrected chi connectivity index (χ2v) is 5.23. The Morgan fingerprint density at radius 3 is 2.31 bits per heavy atom. The minimum Gasteiger partial charge on any atom is -0.369 e. The molecule has 0 bridgehead atoms. The van der Waals surface area contributed by atoms with E-state index in [0.29, 0.717) is 6.04 Å². The molecule has 16 heavy (non-hydrogen) atoms. The smallest absolute Gasteiger partial charge is 0.0379 e. The molecule has 1 atom stereocenters. The van der Waals surface area contributed by atoms with E-state index < -0.39 is 0 Å². The van der Waals surface area contributed by atoms with E-state index in [1.165, 1.54) is 5.69 Å². The van der Waals surface area contributed by atoms with Crippen molar-refractivity contribution >= 4 is 21.6 Å². The summed E-state index contributed by atoms with van der Waals surface area (Å²) in [5.74, 6) is 0. The van der Waals surface area contributed by atoms with Crippen LogP contribution in [0.15, 0.2) is 22.7 Å². The van der Waals surface area contributed by atoms with Crippen LogP contribution >= 0.6 is 15.9 Å².